The second kappa shape index (κ2) is 4.65. The van der Waals surface area contributed by atoms with Gasteiger partial charge < -0.3 is 4.74 Å². The van der Waals surface area contributed by atoms with Gasteiger partial charge in [0.15, 0.2) is 0 Å². The van der Waals surface area contributed by atoms with E-state index in [1.54, 1.807) is 0 Å². The summed E-state index contributed by atoms with van der Waals surface area (Å²) in [4.78, 5) is 1.32. The molecule has 3 heteroatoms. The molecule has 0 saturated carbocycles. The third-order valence-electron chi connectivity index (χ3n) is 3.85. The minimum absolute atomic E-state index is 0.273. The minimum Gasteiger partial charge on any atom is -0.364 e. The third-order valence-corrected chi connectivity index (χ3v) is 5.66. The highest BCUT2D eigenvalue weighted by Gasteiger charge is 2.45. The maximum absolute atomic E-state index is 6.12. The molecule has 96 valence electrons. The molecule has 2 aromatic carbocycles. The monoisotopic (exact) mass is 332 g/mol. The lowest BCUT2D eigenvalue weighted by Crippen LogP contribution is -2.12. The van der Waals surface area contributed by atoms with Gasteiger partial charge in [-0.3, -0.25) is 0 Å². The molecule has 19 heavy (non-hydrogen) atoms. The number of thioether (sulfide) groups is 1. The smallest absolute Gasteiger partial charge is 0.0960 e. The number of halogens is 1. The quantitative estimate of drug-likeness (QED) is 0.754. The van der Waals surface area contributed by atoms with Crippen molar-refractivity contribution in [2.24, 2.45) is 0 Å². The molecule has 3 atom stereocenters. The van der Waals surface area contributed by atoms with E-state index in [2.05, 4.69) is 64.5 Å². The molecule has 1 fully saturated rings. The Bertz CT molecular complexity index is 610. The summed E-state index contributed by atoms with van der Waals surface area (Å²) in [6.45, 7) is 0. The fourth-order valence-corrected chi connectivity index (χ4v) is 4.50. The summed E-state index contributed by atoms with van der Waals surface area (Å²) in [5.74, 6) is 0. The maximum Gasteiger partial charge on any atom is 0.0960 e. The number of ether oxygens (including phenoxy) is 1. The largest absolute Gasteiger partial charge is 0.364 e. The molecule has 0 N–H and O–H groups in total. The van der Waals surface area contributed by atoms with Gasteiger partial charge in [-0.2, -0.15) is 0 Å². The number of hydrogen-bond donors (Lipinski definition) is 0. The maximum atomic E-state index is 6.12. The zero-order chi connectivity index (χ0) is 12.8. The molecule has 2 aromatic rings. The molecule has 0 unspecified atom stereocenters. The van der Waals surface area contributed by atoms with Crippen molar-refractivity contribution in [3.63, 3.8) is 0 Å². The van der Waals surface area contributed by atoms with E-state index >= 15 is 0 Å². The van der Waals surface area contributed by atoms with Crippen molar-refractivity contribution in [2.45, 2.75) is 28.8 Å². The Morgan fingerprint density at radius 2 is 1.74 bits per heavy atom. The van der Waals surface area contributed by atoms with Gasteiger partial charge in [0.25, 0.3) is 0 Å². The molecule has 0 radical (unpaired) electrons. The molecule has 2 heterocycles. The van der Waals surface area contributed by atoms with Gasteiger partial charge in [0.05, 0.1) is 12.2 Å². The lowest BCUT2D eigenvalue weighted by Gasteiger charge is -2.20. The van der Waals surface area contributed by atoms with Crippen molar-refractivity contribution in [2.75, 3.05) is 0 Å². The average molecular weight is 333 g/mol. The van der Waals surface area contributed by atoms with Crippen molar-refractivity contribution >= 4 is 27.7 Å². The Hall–Kier alpha value is -0.770. The normalized spacial score (nSPS) is 27.5. The molecule has 4 rings (SSSR count). The van der Waals surface area contributed by atoms with Crippen LogP contribution in [0, 0.1) is 0 Å². The summed E-state index contributed by atoms with van der Waals surface area (Å²) in [6.07, 6.45) is 1.71. The summed E-state index contributed by atoms with van der Waals surface area (Å²) in [6, 6.07) is 17.2. The first-order valence-electron chi connectivity index (χ1n) is 6.48. The lowest BCUT2D eigenvalue weighted by atomic mass is 9.92. The minimum atomic E-state index is 0.273. The highest BCUT2D eigenvalue weighted by atomic mass is 79.9. The summed E-state index contributed by atoms with van der Waals surface area (Å²) in [5.41, 5.74) is 2.80. The molecule has 2 bridgehead atoms. The number of fused-ring (bicyclic) bond motifs is 5. The Kier molecular flexibility index (Phi) is 2.94. The molecule has 2 aliphatic heterocycles. The van der Waals surface area contributed by atoms with Crippen LogP contribution in [0.3, 0.4) is 0 Å². The topological polar surface area (TPSA) is 9.23 Å². The second-order valence-corrected chi connectivity index (χ2v) is 7.25. The first-order chi connectivity index (χ1) is 9.31. The Morgan fingerprint density at radius 3 is 2.53 bits per heavy atom. The van der Waals surface area contributed by atoms with E-state index in [1.165, 1.54) is 16.0 Å². The van der Waals surface area contributed by atoms with Crippen LogP contribution in [-0.2, 0) is 4.74 Å². The second-order valence-electron chi connectivity index (χ2n) is 5.02. The van der Waals surface area contributed by atoms with Gasteiger partial charge in [-0.25, -0.2) is 0 Å². The predicted molar refractivity (Wildman–Crippen MR) is 81.4 cm³/mol. The van der Waals surface area contributed by atoms with Crippen LogP contribution in [0.2, 0.25) is 0 Å². The van der Waals surface area contributed by atoms with Crippen LogP contribution in [-0.4, -0.2) is 5.25 Å². The molecule has 1 nitrogen and oxygen atoms in total. The molecule has 0 amide bonds. The van der Waals surface area contributed by atoms with Crippen LogP contribution in [0.5, 0.6) is 0 Å². The number of benzene rings is 2. The summed E-state index contributed by atoms with van der Waals surface area (Å²) < 4.78 is 7.25. The first kappa shape index (κ1) is 12.0. The van der Waals surface area contributed by atoms with E-state index in [4.69, 9.17) is 4.74 Å². The van der Waals surface area contributed by atoms with Crippen molar-refractivity contribution in [3.8, 4) is 0 Å². The van der Waals surface area contributed by atoms with E-state index < -0.39 is 0 Å². The van der Waals surface area contributed by atoms with Crippen molar-refractivity contribution in [1.82, 2.24) is 0 Å². The van der Waals surface area contributed by atoms with E-state index in [0.29, 0.717) is 11.4 Å². The molecule has 0 aliphatic carbocycles. The summed E-state index contributed by atoms with van der Waals surface area (Å²) in [5, 5.41) is 0.543. The SMILES string of the molecule is Brc1ccc(S[C@@H]2C[C@@H]3O[C@H]2c2ccccc23)cc1. The highest BCUT2D eigenvalue weighted by molar-refractivity contribution is 9.10. The van der Waals surface area contributed by atoms with Gasteiger partial charge in [0, 0.05) is 14.6 Å². The van der Waals surface area contributed by atoms with E-state index in [9.17, 15) is 0 Å². The fourth-order valence-electron chi connectivity index (χ4n) is 2.99. The van der Waals surface area contributed by atoms with Crippen LogP contribution in [0.4, 0.5) is 0 Å². The van der Waals surface area contributed by atoms with Gasteiger partial charge in [-0.05, 0) is 41.8 Å². The van der Waals surface area contributed by atoms with Crippen LogP contribution >= 0.6 is 27.7 Å². The Balaban J connectivity index is 1.58. The molecule has 0 aromatic heterocycles. The lowest BCUT2D eigenvalue weighted by molar-refractivity contribution is 0.0728. The Morgan fingerprint density at radius 1 is 1.00 bits per heavy atom. The van der Waals surface area contributed by atoms with E-state index in [0.717, 1.165) is 10.9 Å². The summed E-state index contributed by atoms with van der Waals surface area (Å²) >= 11 is 5.42. The van der Waals surface area contributed by atoms with Gasteiger partial charge in [0.2, 0.25) is 0 Å². The number of rotatable bonds is 2. The zero-order valence-electron chi connectivity index (χ0n) is 10.3. The predicted octanol–water partition coefficient (Wildman–Crippen LogP) is 5.13. The van der Waals surface area contributed by atoms with Gasteiger partial charge in [-0.15, -0.1) is 11.8 Å². The molecular weight excluding hydrogens is 320 g/mol. The fraction of sp³-hybridized carbons (Fsp3) is 0.250. The summed E-state index contributed by atoms with van der Waals surface area (Å²) in [7, 11) is 0. The van der Waals surface area contributed by atoms with E-state index in [-0.39, 0.29) is 6.10 Å². The van der Waals surface area contributed by atoms with Crippen molar-refractivity contribution in [1.29, 1.82) is 0 Å². The van der Waals surface area contributed by atoms with Crippen LogP contribution < -0.4 is 0 Å². The van der Waals surface area contributed by atoms with Crippen molar-refractivity contribution < 1.29 is 4.74 Å². The van der Waals surface area contributed by atoms with Gasteiger partial charge in [0.1, 0.15) is 0 Å². The zero-order valence-corrected chi connectivity index (χ0v) is 12.7. The molecule has 0 spiro atoms. The molecular formula is C16H13BrOS. The Labute approximate surface area is 125 Å². The molecule has 1 saturated heterocycles. The van der Waals surface area contributed by atoms with Crippen LogP contribution in [0.25, 0.3) is 0 Å². The average Bonchev–Trinajstić information content (AvgIpc) is 3.00. The van der Waals surface area contributed by atoms with Crippen molar-refractivity contribution in [3.05, 3.63) is 64.1 Å². The number of hydrogen-bond acceptors (Lipinski definition) is 2. The van der Waals surface area contributed by atoms with Crippen LogP contribution in [0.15, 0.2) is 57.9 Å². The molecule has 2 aliphatic rings. The first-order valence-corrected chi connectivity index (χ1v) is 8.15. The standard InChI is InChI=1S/C16H13BrOS/c17-10-5-7-11(8-6-10)19-15-9-14-12-3-1-2-4-13(12)16(15)18-14/h1-8,14-16H,9H2/t14-,15+,16-/m0/s1. The third kappa shape index (κ3) is 2.04. The highest BCUT2D eigenvalue weighted by Crippen LogP contribution is 2.55. The van der Waals surface area contributed by atoms with E-state index in [1.807, 2.05) is 11.8 Å². The van der Waals surface area contributed by atoms with Gasteiger partial charge >= 0.3 is 0 Å². The van der Waals surface area contributed by atoms with Crippen LogP contribution in [0.1, 0.15) is 29.8 Å². The van der Waals surface area contributed by atoms with Gasteiger partial charge in [-0.1, -0.05) is 40.2 Å².